The summed E-state index contributed by atoms with van der Waals surface area (Å²) in [4.78, 5) is 16.9. The number of unbranched alkanes of at least 4 members (excludes halogenated alkanes) is 1. The summed E-state index contributed by atoms with van der Waals surface area (Å²) in [5, 5.41) is 12.7. The zero-order chi connectivity index (χ0) is 24.6. The van der Waals surface area contributed by atoms with Crippen LogP contribution in [0, 0.1) is 0 Å². The van der Waals surface area contributed by atoms with E-state index in [1.165, 1.54) is 6.26 Å². The monoisotopic (exact) mass is 482 g/mol. The van der Waals surface area contributed by atoms with Crippen molar-refractivity contribution in [2.24, 2.45) is 0 Å². The lowest BCUT2D eigenvalue weighted by atomic mass is 10.1. The summed E-state index contributed by atoms with van der Waals surface area (Å²) in [6.07, 6.45) is 5.45. The number of nitrogens with zero attached hydrogens (tertiary/aromatic N) is 6. The highest BCUT2D eigenvalue weighted by Gasteiger charge is 2.31. The number of amides is 1. The molecule has 0 aliphatic carbocycles. The molecule has 1 atom stereocenters. The lowest BCUT2D eigenvalue weighted by Crippen LogP contribution is -2.50. The molecule has 0 radical (unpaired) electrons. The average Bonchev–Trinajstić information content (AvgIpc) is 3.60. The third-order valence-corrected chi connectivity index (χ3v) is 6.52. The molecule has 2 aromatic heterocycles. The Hall–Kier alpha value is -3.40. The summed E-state index contributed by atoms with van der Waals surface area (Å²) in [6.45, 7) is 5.69. The summed E-state index contributed by atoms with van der Waals surface area (Å²) >= 11 is 0. The minimum absolute atomic E-state index is 0.0560. The molecule has 0 saturated carbocycles. The number of furan rings is 1. The molecule has 1 amide bonds. The molecular formula is C25H34N6O4. The summed E-state index contributed by atoms with van der Waals surface area (Å²) in [5.74, 6) is 2.64. The smallest absolute Gasteiger partial charge is 0.289 e. The Kier molecular flexibility index (Phi) is 8.36. The van der Waals surface area contributed by atoms with E-state index in [-0.39, 0.29) is 11.9 Å². The molecule has 1 fully saturated rings. The van der Waals surface area contributed by atoms with Crippen LogP contribution in [0.2, 0.25) is 0 Å². The van der Waals surface area contributed by atoms with Gasteiger partial charge in [-0.1, -0.05) is 25.8 Å². The van der Waals surface area contributed by atoms with E-state index in [1.807, 2.05) is 27.8 Å². The van der Waals surface area contributed by atoms with Gasteiger partial charge >= 0.3 is 0 Å². The number of ether oxygens (including phenoxy) is 2. The van der Waals surface area contributed by atoms with Crippen molar-refractivity contribution in [3.8, 4) is 11.5 Å². The first-order valence-electron chi connectivity index (χ1n) is 12.2. The van der Waals surface area contributed by atoms with Gasteiger partial charge < -0.3 is 18.8 Å². The Morgan fingerprint density at radius 1 is 1.11 bits per heavy atom. The zero-order valence-corrected chi connectivity index (χ0v) is 20.7. The van der Waals surface area contributed by atoms with E-state index < -0.39 is 0 Å². The van der Waals surface area contributed by atoms with Crippen LogP contribution in [-0.2, 0) is 13.0 Å². The molecule has 3 heterocycles. The van der Waals surface area contributed by atoms with E-state index in [9.17, 15) is 4.79 Å². The van der Waals surface area contributed by atoms with Crippen molar-refractivity contribution in [3.63, 3.8) is 0 Å². The topological polar surface area (TPSA) is 98.7 Å². The molecule has 1 aliphatic rings. The van der Waals surface area contributed by atoms with Crippen LogP contribution in [0.5, 0.6) is 11.5 Å². The SMILES string of the molecule is CCCCC(c1nnnn1CCc1ccc(OC)c(OC)c1)N1CCN(C(=O)c2ccco2)CC1. The number of rotatable bonds is 11. The molecule has 1 saturated heterocycles. The van der Waals surface area contributed by atoms with E-state index in [1.54, 1.807) is 26.4 Å². The number of benzene rings is 1. The zero-order valence-electron chi connectivity index (χ0n) is 20.7. The van der Waals surface area contributed by atoms with Crippen molar-refractivity contribution in [1.82, 2.24) is 30.0 Å². The molecule has 1 aromatic carbocycles. The highest BCUT2D eigenvalue weighted by molar-refractivity contribution is 5.91. The fourth-order valence-corrected chi connectivity index (χ4v) is 4.55. The molecule has 1 aliphatic heterocycles. The average molecular weight is 483 g/mol. The number of methoxy groups -OCH3 is 2. The second-order valence-corrected chi connectivity index (χ2v) is 8.66. The fourth-order valence-electron chi connectivity index (χ4n) is 4.55. The molecule has 188 valence electrons. The van der Waals surface area contributed by atoms with Crippen LogP contribution in [0.3, 0.4) is 0 Å². The standard InChI is InChI=1S/C25H34N6O4/c1-4-5-7-20(29-13-15-30(16-14-29)25(32)22-8-6-17-35-22)24-26-27-28-31(24)12-11-19-9-10-21(33-2)23(18-19)34-3/h6,8-10,17-18,20H,4-5,7,11-16H2,1-3H3. The molecule has 3 aromatic rings. The van der Waals surface area contributed by atoms with Crippen LogP contribution in [0.15, 0.2) is 41.0 Å². The van der Waals surface area contributed by atoms with E-state index in [4.69, 9.17) is 13.9 Å². The van der Waals surface area contributed by atoms with Crippen molar-refractivity contribution in [2.75, 3.05) is 40.4 Å². The Labute approximate surface area is 205 Å². The Bertz CT molecular complexity index is 1080. The van der Waals surface area contributed by atoms with Crippen LogP contribution < -0.4 is 9.47 Å². The van der Waals surface area contributed by atoms with E-state index >= 15 is 0 Å². The van der Waals surface area contributed by atoms with Gasteiger partial charge in [-0.15, -0.1) is 5.10 Å². The highest BCUT2D eigenvalue weighted by Crippen LogP contribution is 2.29. The Morgan fingerprint density at radius 2 is 1.91 bits per heavy atom. The van der Waals surface area contributed by atoms with Crippen molar-refractivity contribution in [2.45, 2.75) is 45.2 Å². The second-order valence-electron chi connectivity index (χ2n) is 8.66. The predicted molar refractivity (Wildman–Crippen MR) is 130 cm³/mol. The van der Waals surface area contributed by atoms with Crippen molar-refractivity contribution in [1.29, 1.82) is 0 Å². The van der Waals surface area contributed by atoms with Crippen molar-refractivity contribution < 1.29 is 18.7 Å². The van der Waals surface area contributed by atoms with E-state index in [0.29, 0.717) is 36.9 Å². The normalized spacial score (nSPS) is 15.2. The van der Waals surface area contributed by atoms with Gasteiger partial charge in [0.15, 0.2) is 23.1 Å². The highest BCUT2D eigenvalue weighted by atomic mass is 16.5. The maximum Gasteiger partial charge on any atom is 0.289 e. The quantitative estimate of drug-likeness (QED) is 0.411. The van der Waals surface area contributed by atoms with Gasteiger partial charge in [0.05, 0.1) is 26.5 Å². The number of aromatic nitrogens is 4. The third-order valence-electron chi connectivity index (χ3n) is 6.52. The number of carbonyl (C=O) groups is 1. The molecular weight excluding hydrogens is 448 g/mol. The minimum atomic E-state index is -0.0560. The maximum absolute atomic E-state index is 12.7. The molecule has 4 rings (SSSR count). The summed E-state index contributed by atoms with van der Waals surface area (Å²) in [6, 6.07) is 9.51. The van der Waals surface area contributed by atoms with E-state index in [2.05, 4.69) is 27.3 Å². The van der Waals surface area contributed by atoms with Gasteiger partial charge in [-0.05, 0) is 53.1 Å². The summed E-state index contributed by atoms with van der Waals surface area (Å²) in [5.41, 5.74) is 1.12. The molecule has 0 bridgehead atoms. The Morgan fingerprint density at radius 3 is 2.60 bits per heavy atom. The predicted octanol–water partition coefficient (Wildman–Crippen LogP) is 3.22. The molecule has 10 heteroatoms. The lowest BCUT2D eigenvalue weighted by molar-refractivity contribution is 0.0513. The van der Waals surface area contributed by atoms with Gasteiger partial charge in [0.2, 0.25) is 0 Å². The molecule has 10 nitrogen and oxygen atoms in total. The van der Waals surface area contributed by atoms with Crippen LogP contribution in [0.4, 0.5) is 0 Å². The number of carbonyl (C=O) groups excluding carboxylic acids is 1. The Balaban J connectivity index is 1.43. The van der Waals surface area contributed by atoms with Gasteiger partial charge in [-0.3, -0.25) is 9.69 Å². The first-order valence-corrected chi connectivity index (χ1v) is 12.2. The largest absolute Gasteiger partial charge is 0.493 e. The lowest BCUT2D eigenvalue weighted by Gasteiger charge is -2.38. The van der Waals surface area contributed by atoms with Gasteiger partial charge in [-0.25, -0.2) is 4.68 Å². The number of piperazine rings is 1. The van der Waals surface area contributed by atoms with Gasteiger partial charge in [0, 0.05) is 32.7 Å². The van der Waals surface area contributed by atoms with Crippen LogP contribution >= 0.6 is 0 Å². The summed E-state index contributed by atoms with van der Waals surface area (Å²) in [7, 11) is 3.27. The maximum atomic E-state index is 12.7. The van der Waals surface area contributed by atoms with Crippen LogP contribution in [0.25, 0.3) is 0 Å². The number of hydrogen-bond acceptors (Lipinski definition) is 8. The second kappa shape index (κ2) is 11.8. The first-order chi connectivity index (χ1) is 17.1. The van der Waals surface area contributed by atoms with Crippen molar-refractivity contribution in [3.05, 3.63) is 53.7 Å². The third kappa shape index (κ3) is 5.82. The van der Waals surface area contributed by atoms with Gasteiger partial charge in [0.1, 0.15) is 0 Å². The number of tetrazole rings is 1. The number of hydrogen-bond donors (Lipinski definition) is 0. The molecule has 0 N–H and O–H groups in total. The van der Waals surface area contributed by atoms with Gasteiger partial charge in [0.25, 0.3) is 5.91 Å². The fraction of sp³-hybridized carbons (Fsp3) is 0.520. The van der Waals surface area contributed by atoms with Crippen LogP contribution in [0.1, 0.15) is 54.2 Å². The minimum Gasteiger partial charge on any atom is -0.493 e. The molecule has 35 heavy (non-hydrogen) atoms. The molecule has 0 spiro atoms. The van der Waals surface area contributed by atoms with Crippen LogP contribution in [-0.4, -0.2) is 76.3 Å². The van der Waals surface area contributed by atoms with Crippen molar-refractivity contribution >= 4 is 5.91 Å². The molecule has 1 unspecified atom stereocenters. The summed E-state index contributed by atoms with van der Waals surface area (Å²) < 4.78 is 18.0. The number of aryl methyl sites for hydroxylation is 2. The van der Waals surface area contributed by atoms with Gasteiger partial charge in [-0.2, -0.15) is 0 Å². The van der Waals surface area contributed by atoms with E-state index in [0.717, 1.165) is 50.2 Å². The first kappa shape index (κ1) is 24.7.